The van der Waals surface area contributed by atoms with Crippen LogP contribution in [0.25, 0.3) is 0 Å². The van der Waals surface area contributed by atoms with Gasteiger partial charge in [0.1, 0.15) is 11.3 Å². The molecule has 1 aromatic rings. The zero-order valence-electron chi connectivity index (χ0n) is 8.06. The molecule has 0 atom stereocenters. The zero-order valence-corrected chi connectivity index (χ0v) is 10.4. The maximum absolute atomic E-state index is 10.9. The Morgan fingerprint density at radius 2 is 2.19 bits per heavy atom. The molecular weight excluding hydrogens is 295 g/mol. The average molecular weight is 304 g/mol. The first-order valence-electron chi connectivity index (χ1n) is 4.26. The van der Waals surface area contributed by atoms with Gasteiger partial charge in [0.15, 0.2) is 0 Å². The van der Waals surface area contributed by atoms with Crippen LogP contribution in [0.1, 0.15) is 10.4 Å². The third-order valence-corrected chi connectivity index (χ3v) is 2.27. The van der Waals surface area contributed by atoms with Crippen LogP contribution in [0.2, 0.25) is 0 Å². The molecule has 0 fully saturated rings. The van der Waals surface area contributed by atoms with Gasteiger partial charge < -0.3 is 9.84 Å². The monoisotopic (exact) mass is 302 g/mol. The molecule has 16 heavy (non-hydrogen) atoms. The standard InChI is InChI=1S/C11H8BrClO3/c12-8-3-4-10(9(7-8)11(14)15)16-6-2-1-5-13/h1-7H,(H,14,15)/b5-1+,6-2+. The number of carboxylic acids is 1. The zero-order chi connectivity index (χ0) is 12.0. The van der Waals surface area contributed by atoms with Crippen molar-refractivity contribution >= 4 is 33.5 Å². The molecule has 84 valence electrons. The maximum Gasteiger partial charge on any atom is 0.339 e. The summed E-state index contributed by atoms with van der Waals surface area (Å²) in [5, 5.41) is 8.93. The Balaban J connectivity index is 2.91. The van der Waals surface area contributed by atoms with Crippen molar-refractivity contribution in [2.75, 3.05) is 0 Å². The second kappa shape index (κ2) is 6.35. The normalized spacial score (nSPS) is 11.1. The van der Waals surface area contributed by atoms with Crippen molar-refractivity contribution in [3.63, 3.8) is 0 Å². The van der Waals surface area contributed by atoms with E-state index in [1.807, 2.05) is 0 Å². The topological polar surface area (TPSA) is 46.5 Å². The highest BCUT2D eigenvalue weighted by atomic mass is 79.9. The minimum atomic E-state index is -1.04. The number of ether oxygens (including phenoxy) is 1. The van der Waals surface area contributed by atoms with Gasteiger partial charge in [-0.25, -0.2) is 4.79 Å². The second-order valence-corrected chi connectivity index (χ2v) is 3.88. The lowest BCUT2D eigenvalue weighted by molar-refractivity contribution is 0.0694. The number of rotatable bonds is 4. The van der Waals surface area contributed by atoms with Crippen LogP contribution in [0, 0.1) is 0 Å². The van der Waals surface area contributed by atoms with Crippen molar-refractivity contribution < 1.29 is 14.6 Å². The van der Waals surface area contributed by atoms with E-state index in [1.54, 1.807) is 24.3 Å². The summed E-state index contributed by atoms with van der Waals surface area (Å²) in [5.74, 6) is -0.771. The number of carboxylic acid groups (broad SMARTS) is 1. The van der Waals surface area contributed by atoms with E-state index >= 15 is 0 Å². The molecule has 0 heterocycles. The van der Waals surface area contributed by atoms with Crippen molar-refractivity contribution in [2.24, 2.45) is 0 Å². The Labute approximate surface area is 106 Å². The van der Waals surface area contributed by atoms with Crippen LogP contribution in [0.5, 0.6) is 5.75 Å². The molecule has 0 saturated carbocycles. The van der Waals surface area contributed by atoms with Crippen molar-refractivity contribution in [2.45, 2.75) is 0 Å². The molecule has 0 amide bonds. The first-order chi connectivity index (χ1) is 7.65. The molecule has 0 radical (unpaired) electrons. The van der Waals surface area contributed by atoms with E-state index in [-0.39, 0.29) is 11.3 Å². The Kier molecular flexibility index (Phi) is 5.08. The van der Waals surface area contributed by atoms with Gasteiger partial charge in [0.25, 0.3) is 0 Å². The molecule has 0 saturated heterocycles. The van der Waals surface area contributed by atoms with E-state index < -0.39 is 5.97 Å². The van der Waals surface area contributed by atoms with E-state index in [1.165, 1.54) is 17.9 Å². The number of hydrogen-bond acceptors (Lipinski definition) is 2. The third-order valence-electron chi connectivity index (χ3n) is 1.63. The first-order valence-corrected chi connectivity index (χ1v) is 5.49. The fourth-order valence-corrected chi connectivity index (χ4v) is 1.42. The summed E-state index contributed by atoms with van der Waals surface area (Å²) in [6.45, 7) is 0. The molecule has 0 spiro atoms. The van der Waals surface area contributed by atoms with Crippen LogP contribution >= 0.6 is 27.5 Å². The third kappa shape index (κ3) is 3.72. The van der Waals surface area contributed by atoms with Gasteiger partial charge in [-0.1, -0.05) is 27.5 Å². The van der Waals surface area contributed by atoms with Crippen molar-refractivity contribution in [1.82, 2.24) is 0 Å². The molecule has 0 aliphatic rings. The largest absolute Gasteiger partial charge is 0.478 e. The Morgan fingerprint density at radius 1 is 1.44 bits per heavy atom. The van der Waals surface area contributed by atoms with Gasteiger partial charge in [-0.15, -0.1) is 0 Å². The number of allylic oxidation sites excluding steroid dienone is 2. The van der Waals surface area contributed by atoms with Gasteiger partial charge in [0.2, 0.25) is 0 Å². The summed E-state index contributed by atoms with van der Waals surface area (Å²) in [6, 6.07) is 4.75. The first kappa shape index (κ1) is 12.8. The van der Waals surface area contributed by atoms with Crippen molar-refractivity contribution in [1.29, 1.82) is 0 Å². The SMILES string of the molecule is O=C(O)c1cc(Br)ccc1O/C=C/C=C/Cl. The minimum absolute atomic E-state index is 0.0916. The van der Waals surface area contributed by atoms with Crippen LogP contribution in [-0.4, -0.2) is 11.1 Å². The summed E-state index contributed by atoms with van der Waals surface area (Å²) < 4.78 is 5.85. The Morgan fingerprint density at radius 3 is 2.81 bits per heavy atom. The smallest absolute Gasteiger partial charge is 0.339 e. The van der Waals surface area contributed by atoms with E-state index in [2.05, 4.69) is 15.9 Å². The maximum atomic E-state index is 10.9. The average Bonchev–Trinajstić information content (AvgIpc) is 2.26. The predicted molar refractivity (Wildman–Crippen MR) is 65.9 cm³/mol. The van der Waals surface area contributed by atoms with Crippen LogP contribution in [-0.2, 0) is 0 Å². The number of halogens is 2. The predicted octanol–water partition coefficient (Wildman–Crippen LogP) is 3.79. The number of benzene rings is 1. The highest BCUT2D eigenvalue weighted by Gasteiger charge is 2.10. The lowest BCUT2D eigenvalue weighted by atomic mass is 10.2. The fourth-order valence-electron chi connectivity index (χ4n) is 0.972. The molecular formula is C11H8BrClO3. The van der Waals surface area contributed by atoms with Gasteiger partial charge in [-0.3, -0.25) is 0 Å². The molecule has 0 aliphatic carbocycles. The van der Waals surface area contributed by atoms with Crippen LogP contribution < -0.4 is 4.74 Å². The van der Waals surface area contributed by atoms with Crippen LogP contribution in [0.15, 0.2) is 46.6 Å². The van der Waals surface area contributed by atoms with Gasteiger partial charge in [-0.2, -0.15) is 0 Å². The van der Waals surface area contributed by atoms with Gasteiger partial charge >= 0.3 is 5.97 Å². The Hall–Kier alpha value is -1.26. The summed E-state index contributed by atoms with van der Waals surface area (Å²) in [6.07, 6.45) is 4.47. The number of hydrogen-bond donors (Lipinski definition) is 1. The highest BCUT2D eigenvalue weighted by molar-refractivity contribution is 9.10. The van der Waals surface area contributed by atoms with Crippen molar-refractivity contribution in [3.05, 3.63) is 52.2 Å². The number of carbonyl (C=O) groups is 1. The molecule has 1 rings (SSSR count). The van der Waals surface area contributed by atoms with E-state index in [9.17, 15) is 4.79 Å². The molecule has 1 aromatic carbocycles. The molecule has 0 aliphatic heterocycles. The molecule has 0 aromatic heterocycles. The Bertz CT molecular complexity index is 441. The van der Waals surface area contributed by atoms with Crippen LogP contribution in [0.4, 0.5) is 0 Å². The molecule has 0 unspecified atom stereocenters. The molecule has 1 N–H and O–H groups in total. The fraction of sp³-hybridized carbons (Fsp3) is 0. The summed E-state index contributed by atoms with van der Waals surface area (Å²) >= 11 is 8.49. The van der Waals surface area contributed by atoms with Gasteiger partial charge in [0.05, 0.1) is 6.26 Å². The van der Waals surface area contributed by atoms with E-state index in [0.717, 1.165) is 0 Å². The lowest BCUT2D eigenvalue weighted by Gasteiger charge is -2.04. The van der Waals surface area contributed by atoms with Gasteiger partial charge in [-0.05, 0) is 30.4 Å². The van der Waals surface area contributed by atoms with Crippen LogP contribution in [0.3, 0.4) is 0 Å². The quantitative estimate of drug-likeness (QED) is 0.680. The summed E-state index contributed by atoms with van der Waals surface area (Å²) in [7, 11) is 0. The van der Waals surface area contributed by atoms with E-state index in [4.69, 9.17) is 21.4 Å². The van der Waals surface area contributed by atoms with Gasteiger partial charge in [0, 0.05) is 10.0 Å². The summed E-state index contributed by atoms with van der Waals surface area (Å²) in [4.78, 5) is 10.9. The minimum Gasteiger partial charge on any atom is -0.478 e. The summed E-state index contributed by atoms with van der Waals surface area (Å²) in [5.41, 5.74) is 1.41. The molecule has 5 heteroatoms. The molecule has 0 bridgehead atoms. The second-order valence-electron chi connectivity index (χ2n) is 2.71. The number of aromatic carboxylic acids is 1. The van der Waals surface area contributed by atoms with Crippen molar-refractivity contribution in [3.8, 4) is 5.75 Å². The molecule has 3 nitrogen and oxygen atoms in total. The highest BCUT2D eigenvalue weighted by Crippen LogP contribution is 2.23. The van der Waals surface area contributed by atoms with E-state index in [0.29, 0.717) is 4.47 Å². The lowest BCUT2D eigenvalue weighted by Crippen LogP contribution is -1.99.